The van der Waals surface area contributed by atoms with Crippen LogP contribution in [0, 0.1) is 11.7 Å². The SMILES string of the molecule is CC(=O)C1C2c3ccccc3OC1(C)N=c1sc(=Cc3cccc(F)c3)c(=O)n12. The lowest BCUT2D eigenvalue weighted by atomic mass is 9.79. The molecule has 3 heterocycles. The summed E-state index contributed by atoms with van der Waals surface area (Å²) in [7, 11) is 0. The minimum absolute atomic E-state index is 0.0878. The maximum Gasteiger partial charge on any atom is 0.270 e. The maximum absolute atomic E-state index is 13.6. The molecule has 0 saturated heterocycles. The molecule has 2 bridgehead atoms. The molecule has 146 valence electrons. The van der Waals surface area contributed by atoms with E-state index in [1.54, 1.807) is 29.7 Å². The van der Waals surface area contributed by atoms with Crippen molar-refractivity contribution in [2.75, 3.05) is 0 Å². The van der Waals surface area contributed by atoms with E-state index in [1.807, 2.05) is 24.3 Å². The monoisotopic (exact) mass is 408 g/mol. The van der Waals surface area contributed by atoms with Crippen molar-refractivity contribution in [3.05, 3.63) is 85.2 Å². The lowest BCUT2D eigenvalue weighted by Crippen LogP contribution is -2.58. The van der Waals surface area contributed by atoms with Gasteiger partial charge >= 0.3 is 0 Å². The predicted molar refractivity (Wildman–Crippen MR) is 107 cm³/mol. The number of nitrogens with zero attached hydrogens (tertiary/aromatic N) is 2. The van der Waals surface area contributed by atoms with Gasteiger partial charge < -0.3 is 4.74 Å². The van der Waals surface area contributed by atoms with Crippen molar-refractivity contribution in [3.63, 3.8) is 0 Å². The van der Waals surface area contributed by atoms with Gasteiger partial charge in [0.1, 0.15) is 23.3 Å². The van der Waals surface area contributed by atoms with E-state index in [9.17, 15) is 14.0 Å². The smallest absolute Gasteiger partial charge is 0.270 e. The predicted octanol–water partition coefficient (Wildman–Crippen LogP) is 2.41. The zero-order valence-corrected chi connectivity index (χ0v) is 16.6. The molecule has 7 heteroatoms. The number of carbonyl (C=O) groups is 1. The summed E-state index contributed by atoms with van der Waals surface area (Å²) in [5.74, 6) is -0.442. The molecule has 0 aliphatic carbocycles. The lowest BCUT2D eigenvalue weighted by Gasteiger charge is -2.45. The van der Waals surface area contributed by atoms with Crippen molar-refractivity contribution >= 4 is 23.2 Å². The first kappa shape index (κ1) is 18.0. The van der Waals surface area contributed by atoms with Crippen molar-refractivity contribution in [3.8, 4) is 5.75 Å². The number of thiazole rings is 1. The number of fused-ring (bicyclic) bond motifs is 6. The summed E-state index contributed by atoms with van der Waals surface area (Å²) in [6.07, 6.45) is 1.65. The van der Waals surface area contributed by atoms with E-state index in [2.05, 4.69) is 4.99 Å². The molecule has 3 aromatic rings. The van der Waals surface area contributed by atoms with E-state index in [0.29, 0.717) is 20.6 Å². The number of carbonyl (C=O) groups excluding carboxylic acids is 1. The first-order chi connectivity index (χ1) is 13.9. The van der Waals surface area contributed by atoms with Crippen molar-refractivity contribution in [1.29, 1.82) is 0 Å². The molecule has 3 atom stereocenters. The van der Waals surface area contributed by atoms with Crippen LogP contribution >= 0.6 is 11.3 Å². The molecule has 5 rings (SSSR count). The molecule has 0 spiro atoms. The molecular formula is C22H17FN2O3S. The maximum atomic E-state index is 13.6. The summed E-state index contributed by atoms with van der Waals surface area (Å²) in [5.41, 5.74) is 0.0555. The van der Waals surface area contributed by atoms with Gasteiger partial charge in [-0.05, 0) is 43.7 Å². The summed E-state index contributed by atoms with van der Waals surface area (Å²) in [5, 5.41) is 0. The Balaban J connectivity index is 1.81. The van der Waals surface area contributed by atoms with Gasteiger partial charge in [0.2, 0.25) is 5.72 Å². The zero-order valence-electron chi connectivity index (χ0n) is 15.8. The first-order valence-electron chi connectivity index (χ1n) is 9.24. The minimum Gasteiger partial charge on any atom is -0.465 e. The quantitative estimate of drug-likeness (QED) is 0.654. The largest absolute Gasteiger partial charge is 0.465 e. The Morgan fingerprint density at radius 2 is 2.07 bits per heavy atom. The number of ketones is 1. The van der Waals surface area contributed by atoms with E-state index in [4.69, 9.17) is 4.74 Å². The van der Waals surface area contributed by atoms with Crippen LogP contribution in [0.3, 0.4) is 0 Å². The van der Waals surface area contributed by atoms with Crippen LogP contribution in [-0.2, 0) is 4.79 Å². The van der Waals surface area contributed by atoms with Crippen LogP contribution in [0.25, 0.3) is 6.08 Å². The third-order valence-electron chi connectivity index (χ3n) is 5.46. The van der Waals surface area contributed by atoms with Crippen LogP contribution in [-0.4, -0.2) is 16.1 Å². The Kier molecular flexibility index (Phi) is 3.86. The number of halogens is 1. The highest BCUT2D eigenvalue weighted by atomic mass is 32.1. The van der Waals surface area contributed by atoms with Gasteiger partial charge in [0.25, 0.3) is 5.56 Å². The Morgan fingerprint density at radius 1 is 1.28 bits per heavy atom. The molecule has 0 radical (unpaired) electrons. The van der Waals surface area contributed by atoms with Gasteiger partial charge in [-0.3, -0.25) is 14.2 Å². The highest BCUT2D eigenvalue weighted by Crippen LogP contribution is 2.47. The second-order valence-electron chi connectivity index (χ2n) is 7.46. The number of hydrogen-bond acceptors (Lipinski definition) is 5. The fourth-order valence-electron chi connectivity index (χ4n) is 4.30. The molecule has 0 saturated carbocycles. The average Bonchev–Trinajstić information content (AvgIpc) is 2.94. The fourth-order valence-corrected chi connectivity index (χ4v) is 5.40. The van der Waals surface area contributed by atoms with Gasteiger partial charge in [-0.15, -0.1) is 0 Å². The average molecular weight is 408 g/mol. The Bertz CT molecular complexity index is 1340. The number of hydrogen-bond donors (Lipinski definition) is 0. The second kappa shape index (κ2) is 6.22. The third kappa shape index (κ3) is 2.68. The number of rotatable bonds is 2. The molecule has 0 fully saturated rings. The zero-order chi connectivity index (χ0) is 20.3. The number of aromatic nitrogens is 1. The molecule has 5 nitrogen and oxygen atoms in total. The standard InChI is InChI=1S/C22H17FN2O3S/c1-12(26)18-19-15-8-3-4-9-16(15)28-22(18,2)24-21-25(19)20(27)17(29-21)11-13-6-5-7-14(23)10-13/h3-11,18-19H,1-2H3. The van der Waals surface area contributed by atoms with Crippen LogP contribution < -0.4 is 19.6 Å². The van der Waals surface area contributed by atoms with Crippen molar-refractivity contribution in [1.82, 2.24) is 4.57 Å². The van der Waals surface area contributed by atoms with Gasteiger partial charge in [0.15, 0.2) is 4.80 Å². The van der Waals surface area contributed by atoms with Crippen LogP contribution in [0.1, 0.15) is 31.0 Å². The molecule has 2 aliphatic rings. The van der Waals surface area contributed by atoms with E-state index >= 15 is 0 Å². The van der Waals surface area contributed by atoms with Crippen LogP contribution in [0.2, 0.25) is 0 Å². The lowest BCUT2D eigenvalue weighted by molar-refractivity contribution is -0.132. The van der Waals surface area contributed by atoms with Gasteiger partial charge in [0, 0.05) is 5.56 Å². The highest BCUT2D eigenvalue weighted by molar-refractivity contribution is 7.07. The summed E-state index contributed by atoms with van der Waals surface area (Å²) < 4.78 is 21.7. The van der Waals surface area contributed by atoms with E-state index in [0.717, 1.165) is 5.56 Å². The number of para-hydroxylation sites is 1. The molecule has 0 N–H and O–H groups in total. The molecule has 1 aromatic heterocycles. The Morgan fingerprint density at radius 3 is 2.83 bits per heavy atom. The summed E-state index contributed by atoms with van der Waals surface area (Å²) in [6.45, 7) is 3.29. The Hall–Kier alpha value is -3.06. The summed E-state index contributed by atoms with van der Waals surface area (Å²) in [6, 6.07) is 13.0. The van der Waals surface area contributed by atoms with E-state index in [1.165, 1.54) is 30.4 Å². The fraction of sp³-hybridized carbons (Fsp3) is 0.227. The van der Waals surface area contributed by atoms with Crippen LogP contribution in [0.5, 0.6) is 5.75 Å². The van der Waals surface area contributed by atoms with Gasteiger partial charge in [-0.25, -0.2) is 9.38 Å². The third-order valence-corrected chi connectivity index (χ3v) is 6.45. The van der Waals surface area contributed by atoms with Crippen LogP contribution in [0.4, 0.5) is 4.39 Å². The van der Waals surface area contributed by atoms with E-state index < -0.39 is 17.7 Å². The Labute approximate surface area is 169 Å². The number of Topliss-reactive ketones (excluding diaryl/α,β-unsaturated/α-hetero) is 1. The molecular weight excluding hydrogens is 391 g/mol. The normalized spacial score (nSPS) is 24.9. The van der Waals surface area contributed by atoms with Gasteiger partial charge in [-0.1, -0.05) is 41.7 Å². The highest BCUT2D eigenvalue weighted by Gasteiger charge is 2.53. The van der Waals surface area contributed by atoms with Gasteiger partial charge in [0.05, 0.1) is 10.6 Å². The number of ether oxygens (including phenoxy) is 1. The van der Waals surface area contributed by atoms with Crippen molar-refractivity contribution < 1.29 is 13.9 Å². The van der Waals surface area contributed by atoms with E-state index in [-0.39, 0.29) is 17.2 Å². The van der Waals surface area contributed by atoms with Gasteiger partial charge in [-0.2, -0.15) is 0 Å². The minimum atomic E-state index is -1.09. The van der Waals surface area contributed by atoms with Crippen molar-refractivity contribution in [2.24, 2.45) is 10.9 Å². The topological polar surface area (TPSA) is 60.7 Å². The molecule has 0 amide bonds. The molecule has 29 heavy (non-hydrogen) atoms. The molecule has 2 aromatic carbocycles. The van der Waals surface area contributed by atoms with Crippen LogP contribution in [0.15, 0.2) is 58.3 Å². The van der Waals surface area contributed by atoms with Crippen molar-refractivity contribution in [2.45, 2.75) is 25.6 Å². The summed E-state index contributed by atoms with van der Waals surface area (Å²) >= 11 is 1.22. The second-order valence-corrected chi connectivity index (χ2v) is 8.47. The molecule has 2 aliphatic heterocycles. The first-order valence-corrected chi connectivity index (χ1v) is 10.1. The number of benzene rings is 2. The summed E-state index contributed by atoms with van der Waals surface area (Å²) in [4.78, 5) is 31.1. The molecule has 3 unspecified atom stereocenters.